The van der Waals surface area contributed by atoms with E-state index in [1.165, 1.54) is 0 Å². The van der Waals surface area contributed by atoms with E-state index in [1.807, 2.05) is 41.1 Å². The van der Waals surface area contributed by atoms with Crippen LogP contribution in [0.1, 0.15) is 26.3 Å². The van der Waals surface area contributed by atoms with Crippen LogP contribution in [0.2, 0.25) is 0 Å². The molecule has 1 rings (SSSR count). The molecule has 0 aliphatic rings. The Morgan fingerprint density at radius 3 is 2.50 bits per heavy atom. The Bertz CT molecular complexity index is 435. The Kier molecular flexibility index (Phi) is 7.70. The zero-order valence-electron chi connectivity index (χ0n) is 12.6. The van der Waals surface area contributed by atoms with Crippen LogP contribution in [0.15, 0.2) is 30.3 Å². The summed E-state index contributed by atoms with van der Waals surface area (Å²) in [6.45, 7) is 9.24. The van der Waals surface area contributed by atoms with Crippen molar-refractivity contribution in [1.29, 1.82) is 0 Å². The van der Waals surface area contributed by atoms with Crippen LogP contribution in [0.3, 0.4) is 0 Å². The second-order valence-electron chi connectivity index (χ2n) is 5.52. The van der Waals surface area contributed by atoms with Crippen molar-refractivity contribution in [2.75, 3.05) is 19.0 Å². The van der Waals surface area contributed by atoms with E-state index in [2.05, 4.69) is 25.9 Å². The van der Waals surface area contributed by atoms with E-state index < -0.39 is 7.52 Å². The van der Waals surface area contributed by atoms with Crippen molar-refractivity contribution >= 4 is 29.1 Å². The summed E-state index contributed by atoms with van der Waals surface area (Å²) in [5.74, 6) is 0.840. The summed E-state index contributed by atoms with van der Waals surface area (Å²) in [7, 11) is 0.868. The van der Waals surface area contributed by atoms with Gasteiger partial charge in [-0.05, 0) is 5.56 Å². The van der Waals surface area contributed by atoms with Crippen molar-refractivity contribution in [2.24, 2.45) is 0 Å². The zero-order chi connectivity index (χ0) is 15.1. The zero-order valence-corrected chi connectivity index (χ0v) is 15.1. The van der Waals surface area contributed by atoms with Crippen molar-refractivity contribution in [3.63, 3.8) is 0 Å². The van der Waals surface area contributed by atoms with E-state index in [0.29, 0.717) is 13.2 Å². The highest BCUT2D eigenvalue weighted by Gasteiger charge is 2.15. The van der Waals surface area contributed by atoms with Gasteiger partial charge in [0.25, 0.3) is 7.52 Å². The first kappa shape index (κ1) is 18.1. The summed E-state index contributed by atoms with van der Waals surface area (Å²) in [5, 5.41) is 3.00. The van der Waals surface area contributed by atoms with Gasteiger partial charge in [0.2, 0.25) is 0 Å². The van der Waals surface area contributed by atoms with Crippen molar-refractivity contribution in [1.82, 2.24) is 5.09 Å². The second-order valence-corrected chi connectivity index (χ2v) is 11.0. The highest BCUT2D eigenvalue weighted by molar-refractivity contribution is 8.77. The standard InChI is InChI=1S/C14H24NO2PS2/c1-14(2,3)20-19-11-10-17-18(4,16)15-12-13-8-6-5-7-9-13/h5-9H,10-12H2,1-4H3,(H,15,16). The number of hydrogen-bond donors (Lipinski definition) is 1. The third-order valence-corrected chi connectivity index (χ3v) is 6.94. The summed E-state index contributed by atoms with van der Waals surface area (Å²) in [5.41, 5.74) is 1.11. The van der Waals surface area contributed by atoms with Gasteiger partial charge in [-0.2, -0.15) is 0 Å². The number of benzene rings is 1. The molecule has 0 aliphatic carbocycles. The molecule has 0 saturated heterocycles. The molecule has 1 atom stereocenters. The van der Waals surface area contributed by atoms with Crippen LogP contribution < -0.4 is 5.09 Å². The fourth-order valence-electron chi connectivity index (χ4n) is 1.34. The van der Waals surface area contributed by atoms with Crippen LogP contribution in [0, 0.1) is 0 Å². The molecule has 0 amide bonds. The number of rotatable bonds is 8. The largest absolute Gasteiger partial charge is 0.317 e. The first-order valence-corrected chi connectivity index (χ1v) is 11.0. The van der Waals surface area contributed by atoms with Gasteiger partial charge in [0, 0.05) is 23.7 Å². The van der Waals surface area contributed by atoms with Crippen molar-refractivity contribution in [3.8, 4) is 0 Å². The molecule has 1 aromatic rings. The lowest BCUT2D eigenvalue weighted by atomic mass is 10.2. The third-order valence-electron chi connectivity index (χ3n) is 2.23. The summed E-state index contributed by atoms with van der Waals surface area (Å²) < 4.78 is 17.9. The Balaban J connectivity index is 2.20. The predicted molar refractivity (Wildman–Crippen MR) is 92.6 cm³/mol. The van der Waals surface area contributed by atoms with E-state index >= 15 is 0 Å². The van der Waals surface area contributed by atoms with Gasteiger partial charge in [0.15, 0.2) is 0 Å². The van der Waals surface area contributed by atoms with Crippen LogP contribution in [-0.2, 0) is 15.6 Å². The molecule has 3 nitrogen and oxygen atoms in total. The molecular formula is C14H24NO2PS2. The minimum atomic E-state index is -2.71. The SMILES string of the molecule is CC(C)(C)SSCCOP(C)(=O)NCc1ccccc1. The van der Waals surface area contributed by atoms with Crippen LogP contribution in [-0.4, -0.2) is 23.8 Å². The summed E-state index contributed by atoms with van der Waals surface area (Å²) in [4.78, 5) is 0. The minimum absolute atomic E-state index is 0.242. The predicted octanol–water partition coefficient (Wildman–Crippen LogP) is 4.80. The molecule has 0 bridgehead atoms. The first-order valence-electron chi connectivity index (χ1n) is 6.60. The second kappa shape index (κ2) is 8.50. The summed E-state index contributed by atoms with van der Waals surface area (Å²) >= 11 is 0. The van der Waals surface area contributed by atoms with Crippen molar-refractivity contribution in [3.05, 3.63) is 35.9 Å². The van der Waals surface area contributed by atoms with Crippen LogP contribution in [0.4, 0.5) is 0 Å². The first-order chi connectivity index (χ1) is 9.29. The highest BCUT2D eigenvalue weighted by Crippen LogP contribution is 2.39. The van der Waals surface area contributed by atoms with Gasteiger partial charge in [-0.1, -0.05) is 72.7 Å². The molecule has 114 valence electrons. The van der Waals surface area contributed by atoms with Crippen LogP contribution >= 0.6 is 29.1 Å². The Morgan fingerprint density at radius 1 is 1.25 bits per heavy atom. The average Bonchev–Trinajstić information content (AvgIpc) is 2.36. The van der Waals surface area contributed by atoms with Gasteiger partial charge in [-0.25, -0.2) is 5.09 Å². The Labute approximate surface area is 130 Å². The smallest absolute Gasteiger partial charge is 0.267 e. The fourth-order valence-corrected chi connectivity index (χ4v) is 4.57. The van der Waals surface area contributed by atoms with Gasteiger partial charge in [-0.15, -0.1) is 0 Å². The lowest BCUT2D eigenvalue weighted by Crippen LogP contribution is -2.12. The lowest BCUT2D eigenvalue weighted by molar-refractivity contribution is 0.332. The molecule has 20 heavy (non-hydrogen) atoms. The summed E-state index contributed by atoms with van der Waals surface area (Å²) in [6.07, 6.45) is 0. The molecular weight excluding hydrogens is 309 g/mol. The molecule has 0 saturated carbocycles. The Morgan fingerprint density at radius 2 is 1.90 bits per heavy atom. The third kappa shape index (κ3) is 9.09. The maximum Gasteiger partial charge on any atom is 0.267 e. The average molecular weight is 333 g/mol. The lowest BCUT2D eigenvalue weighted by Gasteiger charge is -2.18. The molecule has 0 aliphatic heterocycles. The molecule has 1 unspecified atom stereocenters. The van der Waals surface area contributed by atoms with Crippen LogP contribution in [0.25, 0.3) is 0 Å². The van der Waals surface area contributed by atoms with Crippen molar-refractivity contribution < 1.29 is 9.09 Å². The van der Waals surface area contributed by atoms with Gasteiger partial charge < -0.3 is 4.52 Å². The van der Waals surface area contributed by atoms with Gasteiger partial charge in [0.1, 0.15) is 0 Å². The number of nitrogens with one attached hydrogen (secondary N) is 1. The maximum atomic E-state index is 12.2. The van der Waals surface area contributed by atoms with E-state index in [9.17, 15) is 4.57 Å². The molecule has 0 aromatic heterocycles. The van der Waals surface area contributed by atoms with Gasteiger partial charge in [-0.3, -0.25) is 4.57 Å². The van der Waals surface area contributed by atoms with E-state index in [0.717, 1.165) is 11.3 Å². The highest BCUT2D eigenvalue weighted by atomic mass is 33.1. The topological polar surface area (TPSA) is 38.3 Å². The summed E-state index contributed by atoms with van der Waals surface area (Å²) in [6, 6.07) is 9.92. The molecule has 1 N–H and O–H groups in total. The van der Waals surface area contributed by atoms with Gasteiger partial charge in [0.05, 0.1) is 6.61 Å². The monoisotopic (exact) mass is 333 g/mol. The quantitative estimate of drug-likeness (QED) is 0.420. The van der Waals surface area contributed by atoms with E-state index in [1.54, 1.807) is 17.5 Å². The normalized spacial score (nSPS) is 15.0. The minimum Gasteiger partial charge on any atom is -0.317 e. The molecule has 0 heterocycles. The van der Waals surface area contributed by atoms with E-state index in [4.69, 9.17) is 4.52 Å². The molecule has 0 spiro atoms. The number of hydrogen-bond acceptors (Lipinski definition) is 4. The fraction of sp³-hybridized carbons (Fsp3) is 0.571. The van der Waals surface area contributed by atoms with Gasteiger partial charge >= 0.3 is 0 Å². The van der Waals surface area contributed by atoms with E-state index in [-0.39, 0.29) is 4.75 Å². The molecule has 0 fully saturated rings. The van der Waals surface area contributed by atoms with Crippen LogP contribution in [0.5, 0.6) is 0 Å². The maximum absolute atomic E-state index is 12.2. The van der Waals surface area contributed by atoms with Crippen molar-refractivity contribution in [2.45, 2.75) is 32.1 Å². The molecule has 0 radical (unpaired) electrons. The Hall–Kier alpha value is 0.0700. The molecule has 1 aromatic carbocycles. The molecule has 6 heteroatoms.